The number of piperazine rings is 1. The lowest BCUT2D eigenvalue weighted by molar-refractivity contribution is 0.313. The molecule has 1 fully saturated rings. The van der Waals surface area contributed by atoms with E-state index in [1.54, 1.807) is 7.11 Å². The van der Waals surface area contributed by atoms with Crippen LogP contribution >= 0.6 is 0 Å². The van der Waals surface area contributed by atoms with Gasteiger partial charge in [0.25, 0.3) is 0 Å². The Morgan fingerprint density at radius 3 is 2.45 bits per heavy atom. The monoisotopic (exact) mass is 414 g/mol. The molecule has 7 nitrogen and oxygen atoms in total. The summed E-state index contributed by atoms with van der Waals surface area (Å²) in [5, 5.41) is 7.94. The van der Waals surface area contributed by atoms with Crippen LogP contribution in [0.15, 0.2) is 67.0 Å². The molecule has 0 atom stereocenters. The summed E-state index contributed by atoms with van der Waals surface area (Å²) in [5.41, 5.74) is 5.22. The van der Waals surface area contributed by atoms with Crippen molar-refractivity contribution >= 4 is 22.8 Å². The van der Waals surface area contributed by atoms with Crippen LogP contribution in [-0.2, 0) is 0 Å². The number of para-hydroxylation sites is 1. The van der Waals surface area contributed by atoms with Crippen molar-refractivity contribution in [3.8, 4) is 16.9 Å². The van der Waals surface area contributed by atoms with E-state index < -0.39 is 0 Å². The molecule has 0 unspecified atom stereocenters. The van der Waals surface area contributed by atoms with E-state index in [-0.39, 0.29) is 0 Å². The molecule has 3 heterocycles. The van der Waals surface area contributed by atoms with Gasteiger partial charge in [-0.3, -0.25) is 0 Å². The van der Waals surface area contributed by atoms with Gasteiger partial charge >= 0.3 is 0 Å². The molecular weight excluding hydrogens is 388 g/mol. The van der Waals surface area contributed by atoms with Crippen LogP contribution in [0.3, 0.4) is 0 Å². The van der Waals surface area contributed by atoms with Gasteiger partial charge in [-0.1, -0.05) is 18.2 Å². The van der Waals surface area contributed by atoms with E-state index in [1.807, 2.05) is 47.2 Å². The Bertz CT molecular complexity index is 1180. The second-order valence-corrected chi connectivity index (χ2v) is 7.80. The van der Waals surface area contributed by atoms with E-state index in [0.29, 0.717) is 5.95 Å². The largest absolute Gasteiger partial charge is 0.496 e. The molecule has 31 heavy (non-hydrogen) atoms. The fraction of sp³-hybridized carbons (Fsp3) is 0.250. The summed E-state index contributed by atoms with van der Waals surface area (Å²) < 4.78 is 7.35. The fourth-order valence-electron chi connectivity index (χ4n) is 4.00. The molecule has 1 saturated heterocycles. The second-order valence-electron chi connectivity index (χ2n) is 7.80. The van der Waals surface area contributed by atoms with Crippen molar-refractivity contribution in [2.24, 2.45) is 0 Å². The van der Waals surface area contributed by atoms with E-state index >= 15 is 0 Å². The van der Waals surface area contributed by atoms with Gasteiger partial charge in [0, 0.05) is 54.9 Å². The van der Waals surface area contributed by atoms with Crippen LogP contribution in [0.25, 0.3) is 16.6 Å². The lowest BCUT2D eigenvalue weighted by Crippen LogP contribution is -2.44. The third-order valence-electron chi connectivity index (χ3n) is 5.81. The maximum absolute atomic E-state index is 5.51. The average molecular weight is 415 g/mol. The van der Waals surface area contributed by atoms with Crippen molar-refractivity contribution < 1.29 is 4.74 Å². The first-order valence-electron chi connectivity index (χ1n) is 10.5. The molecule has 0 radical (unpaired) electrons. The molecule has 0 amide bonds. The molecule has 1 aliphatic rings. The number of likely N-dealkylation sites (N-methyl/N-ethyl adjacent to an activating group) is 1. The number of rotatable bonds is 5. The van der Waals surface area contributed by atoms with Crippen molar-refractivity contribution in [1.29, 1.82) is 0 Å². The smallest absolute Gasteiger partial charge is 0.245 e. The molecule has 1 aliphatic heterocycles. The summed E-state index contributed by atoms with van der Waals surface area (Å²) in [6.07, 6.45) is 3.79. The van der Waals surface area contributed by atoms with E-state index in [1.165, 1.54) is 5.69 Å². The molecule has 7 heteroatoms. The number of nitrogens with zero attached hydrogens (tertiary/aromatic N) is 5. The molecule has 4 aromatic rings. The Hall–Kier alpha value is -3.58. The summed E-state index contributed by atoms with van der Waals surface area (Å²) >= 11 is 0. The van der Waals surface area contributed by atoms with E-state index in [0.717, 1.165) is 54.3 Å². The minimum atomic E-state index is 0.557. The molecule has 0 spiro atoms. The third kappa shape index (κ3) is 3.92. The number of aromatic nitrogens is 3. The summed E-state index contributed by atoms with van der Waals surface area (Å²) in [5.74, 6) is 1.39. The van der Waals surface area contributed by atoms with Crippen LogP contribution in [0.5, 0.6) is 5.75 Å². The van der Waals surface area contributed by atoms with Crippen LogP contribution in [0, 0.1) is 0 Å². The van der Waals surface area contributed by atoms with Crippen LogP contribution in [0.2, 0.25) is 0 Å². The highest BCUT2D eigenvalue weighted by atomic mass is 16.5. The van der Waals surface area contributed by atoms with Gasteiger partial charge in [0.1, 0.15) is 5.75 Å². The van der Waals surface area contributed by atoms with Gasteiger partial charge < -0.3 is 19.9 Å². The molecule has 0 aliphatic carbocycles. The van der Waals surface area contributed by atoms with Crippen molar-refractivity contribution in [1.82, 2.24) is 19.5 Å². The zero-order valence-electron chi connectivity index (χ0n) is 17.8. The number of methoxy groups -OCH3 is 1. The standard InChI is InChI=1S/C24H26N6O/c1-28-13-15-29(16-14-28)19-9-7-18(8-10-19)26-24-25-17-22-20(11-12-30(22)27-24)21-5-3-4-6-23(21)31-2/h3-12,17H,13-16H2,1-2H3,(H,26,27). The number of anilines is 3. The summed E-state index contributed by atoms with van der Waals surface area (Å²) in [6, 6.07) is 18.5. The molecule has 5 rings (SSSR count). The number of benzene rings is 2. The maximum atomic E-state index is 5.51. The molecule has 0 bridgehead atoms. The molecule has 2 aromatic heterocycles. The van der Waals surface area contributed by atoms with Crippen molar-refractivity contribution in [2.45, 2.75) is 0 Å². The lowest BCUT2D eigenvalue weighted by Gasteiger charge is -2.34. The summed E-state index contributed by atoms with van der Waals surface area (Å²) in [4.78, 5) is 9.32. The zero-order chi connectivity index (χ0) is 21.2. The first kappa shape index (κ1) is 19.4. The number of nitrogens with one attached hydrogen (secondary N) is 1. The number of fused-ring (bicyclic) bond motifs is 1. The summed E-state index contributed by atoms with van der Waals surface area (Å²) in [7, 11) is 3.86. The Balaban J connectivity index is 1.34. The van der Waals surface area contributed by atoms with Gasteiger partial charge in [0.2, 0.25) is 5.95 Å². The quantitative estimate of drug-likeness (QED) is 0.535. The van der Waals surface area contributed by atoms with Crippen molar-refractivity contribution in [3.05, 3.63) is 67.0 Å². The predicted molar refractivity (Wildman–Crippen MR) is 124 cm³/mol. The third-order valence-corrected chi connectivity index (χ3v) is 5.81. The molecule has 158 valence electrons. The van der Waals surface area contributed by atoms with Gasteiger partial charge in [-0.2, -0.15) is 0 Å². The molecule has 1 N–H and O–H groups in total. The van der Waals surface area contributed by atoms with E-state index in [2.05, 4.69) is 56.5 Å². The van der Waals surface area contributed by atoms with Gasteiger partial charge in [-0.05, 0) is 43.4 Å². The Labute approximate surface area is 181 Å². The van der Waals surface area contributed by atoms with Crippen LogP contribution in [0.1, 0.15) is 0 Å². The Morgan fingerprint density at radius 1 is 0.903 bits per heavy atom. The van der Waals surface area contributed by atoms with Crippen LogP contribution < -0.4 is 15.0 Å². The zero-order valence-corrected chi connectivity index (χ0v) is 17.8. The van der Waals surface area contributed by atoms with Gasteiger partial charge in [0.15, 0.2) is 0 Å². The van der Waals surface area contributed by atoms with Gasteiger partial charge in [-0.15, -0.1) is 5.10 Å². The fourth-order valence-corrected chi connectivity index (χ4v) is 4.00. The van der Waals surface area contributed by atoms with E-state index in [9.17, 15) is 0 Å². The van der Waals surface area contributed by atoms with Gasteiger partial charge in [-0.25, -0.2) is 9.50 Å². The minimum Gasteiger partial charge on any atom is -0.496 e. The highest BCUT2D eigenvalue weighted by Crippen LogP contribution is 2.33. The normalized spacial score (nSPS) is 14.7. The second kappa shape index (κ2) is 8.28. The molecule has 2 aromatic carbocycles. The number of hydrogen-bond donors (Lipinski definition) is 1. The maximum Gasteiger partial charge on any atom is 0.245 e. The molecule has 0 saturated carbocycles. The number of hydrogen-bond acceptors (Lipinski definition) is 6. The van der Waals surface area contributed by atoms with Gasteiger partial charge in [0.05, 0.1) is 18.8 Å². The topological polar surface area (TPSA) is 57.9 Å². The predicted octanol–water partition coefficient (Wildman–Crippen LogP) is 3.90. The van der Waals surface area contributed by atoms with Crippen molar-refractivity contribution in [3.63, 3.8) is 0 Å². The van der Waals surface area contributed by atoms with E-state index in [4.69, 9.17) is 4.74 Å². The SMILES string of the molecule is COc1ccccc1-c1ccn2nc(Nc3ccc(N4CCN(C)CC4)cc3)ncc12. The van der Waals surface area contributed by atoms with Crippen molar-refractivity contribution in [2.75, 3.05) is 50.6 Å². The molecular formula is C24H26N6O. The average Bonchev–Trinajstić information content (AvgIpc) is 3.23. The minimum absolute atomic E-state index is 0.557. The highest BCUT2D eigenvalue weighted by Gasteiger charge is 2.14. The number of ether oxygens (including phenoxy) is 1. The Kier molecular flexibility index (Phi) is 5.18. The summed E-state index contributed by atoms with van der Waals surface area (Å²) in [6.45, 7) is 4.32. The first-order chi connectivity index (χ1) is 15.2. The highest BCUT2D eigenvalue weighted by molar-refractivity contribution is 5.84. The lowest BCUT2D eigenvalue weighted by atomic mass is 10.1. The first-order valence-corrected chi connectivity index (χ1v) is 10.5. The Morgan fingerprint density at radius 2 is 1.68 bits per heavy atom. The van der Waals surface area contributed by atoms with Crippen LogP contribution in [0.4, 0.5) is 17.3 Å². The van der Waals surface area contributed by atoms with Crippen LogP contribution in [-0.4, -0.2) is 59.8 Å².